The lowest BCUT2D eigenvalue weighted by molar-refractivity contribution is -0.128. The Morgan fingerprint density at radius 2 is 1.89 bits per heavy atom. The molecule has 2 amide bonds. The molecule has 0 spiro atoms. The molecule has 1 N–H and O–H groups in total. The van der Waals surface area contributed by atoms with Crippen LogP contribution in [0.4, 0.5) is 5.69 Å². The average molecular weight is 370 g/mol. The van der Waals surface area contributed by atoms with Gasteiger partial charge in [0.25, 0.3) is 0 Å². The summed E-state index contributed by atoms with van der Waals surface area (Å²) in [6.45, 7) is 1.43. The van der Waals surface area contributed by atoms with Crippen LogP contribution in [0.3, 0.4) is 0 Å². The second kappa shape index (κ2) is 8.01. The molecule has 3 aliphatic rings. The third kappa shape index (κ3) is 4.34. The number of benzene rings is 1. The lowest BCUT2D eigenvalue weighted by atomic mass is 9.94. The molecule has 1 heterocycles. The highest BCUT2D eigenvalue weighted by atomic mass is 16.2. The van der Waals surface area contributed by atoms with E-state index in [9.17, 15) is 9.59 Å². The van der Waals surface area contributed by atoms with E-state index in [2.05, 4.69) is 23.3 Å². The molecular weight excluding hydrogens is 338 g/mol. The van der Waals surface area contributed by atoms with E-state index in [1.54, 1.807) is 0 Å². The highest BCUT2D eigenvalue weighted by molar-refractivity contribution is 5.97. The van der Waals surface area contributed by atoms with E-state index in [0.29, 0.717) is 25.0 Å². The zero-order valence-corrected chi connectivity index (χ0v) is 16.3. The minimum Gasteiger partial charge on any atom is -0.339 e. The number of rotatable bonds is 6. The van der Waals surface area contributed by atoms with E-state index in [1.807, 2.05) is 23.1 Å². The highest BCUT2D eigenvalue weighted by Gasteiger charge is 2.41. The predicted octanol–water partition coefficient (Wildman–Crippen LogP) is 3.40. The molecule has 1 aromatic carbocycles. The minimum atomic E-state index is -0.220. The summed E-state index contributed by atoms with van der Waals surface area (Å²) >= 11 is 0. The first-order valence-corrected chi connectivity index (χ1v) is 10.5. The SMILES string of the molecule is CN(Cc1ccccc1NC(=O)C1CC(=O)N(C2CC2)C1)C1CCCCC1. The van der Waals surface area contributed by atoms with E-state index in [4.69, 9.17) is 0 Å². The van der Waals surface area contributed by atoms with Gasteiger partial charge in [0.2, 0.25) is 11.8 Å². The van der Waals surface area contributed by atoms with Gasteiger partial charge in [0.15, 0.2) is 0 Å². The van der Waals surface area contributed by atoms with Gasteiger partial charge in [-0.25, -0.2) is 0 Å². The maximum atomic E-state index is 12.8. The Labute approximate surface area is 162 Å². The summed E-state index contributed by atoms with van der Waals surface area (Å²) < 4.78 is 0. The molecule has 3 fully saturated rings. The summed E-state index contributed by atoms with van der Waals surface area (Å²) in [5.41, 5.74) is 2.05. The van der Waals surface area contributed by atoms with Gasteiger partial charge in [0.1, 0.15) is 0 Å². The summed E-state index contributed by atoms with van der Waals surface area (Å²) in [5.74, 6) is -0.0931. The molecule has 4 rings (SSSR count). The summed E-state index contributed by atoms with van der Waals surface area (Å²) in [5, 5.41) is 3.12. The third-order valence-corrected chi connectivity index (χ3v) is 6.41. The lowest BCUT2D eigenvalue weighted by Gasteiger charge is -2.31. The Morgan fingerprint density at radius 3 is 2.63 bits per heavy atom. The van der Waals surface area contributed by atoms with Crippen molar-refractivity contribution in [1.29, 1.82) is 0 Å². The Hall–Kier alpha value is -1.88. The molecule has 1 atom stereocenters. The van der Waals surface area contributed by atoms with E-state index in [1.165, 1.54) is 32.1 Å². The molecule has 1 saturated heterocycles. The number of nitrogens with zero attached hydrogens (tertiary/aromatic N) is 2. The molecule has 2 aliphatic carbocycles. The summed E-state index contributed by atoms with van der Waals surface area (Å²) in [7, 11) is 2.19. The summed E-state index contributed by atoms with van der Waals surface area (Å²) in [4.78, 5) is 29.3. The van der Waals surface area contributed by atoms with Crippen LogP contribution in [-0.2, 0) is 16.1 Å². The van der Waals surface area contributed by atoms with Crippen molar-refractivity contribution in [3.05, 3.63) is 29.8 Å². The molecule has 1 aromatic rings. The molecule has 1 unspecified atom stereocenters. The molecule has 0 radical (unpaired) electrons. The largest absolute Gasteiger partial charge is 0.339 e. The molecule has 1 aliphatic heterocycles. The second-order valence-electron chi connectivity index (χ2n) is 8.53. The van der Waals surface area contributed by atoms with Crippen molar-refractivity contribution < 1.29 is 9.59 Å². The molecule has 0 aromatic heterocycles. The van der Waals surface area contributed by atoms with E-state index >= 15 is 0 Å². The molecule has 5 nitrogen and oxygen atoms in total. The number of likely N-dealkylation sites (tertiary alicyclic amines) is 1. The van der Waals surface area contributed by atoms with Crippen LogP contribution in [0.5, 0.6) is 0 Å². The van der Waals surface area contributed by atoms with Crippen LogP contribution >= 0.6 is 0 Å². The van der Waals surface area contributed by atoms with Crippen LogP contribution in [0.1, 0.15) is 56.9 Å². The molecule has 146 valence electrons. The normalized spacial score (nSPS) is 23.9. The van der Waals surface area contributed by atoms with Crippen LogP contribution in [0, 0.1) is 5.92 Å². The predicted molar refractivity (Wildman–Crippen MR) is 106 cm³/mol. The van der Waals surface area contributed by atoms with Crippen molar-refractivity contribution in [3.63, 3.8) is 0 Å². The minimum absolute atomic E-state index is 0.0146. The molecular formula is C22H31N3O2. The van der Waals surface area contributed by atoms with Crippen LogP contribution < -0.4 is 5.32 Å². The number of para-hydroxylation sites is 1. The maximum Gasteiger partial charge on any atom is 0.229 e. The molecule has 27 heavy (non-hydrogen) atoms. The van der Waals surface area contributed by atoms with Gasteiger partial charge in [0, 0.05) is 37.3 Å². The number of anilines is 1. The number of hydrogen-bond donors (Lipinski definition) is 1. The van der Waals surface area contributed by atoms with Crippen molar-refractivity contribution in [2.24, 2.45) is 5.92 Å². The van der Waals surface area contributed by atoms with Gasteiger partial charge in [-0.1, -0.05) is 37.5 Å². The van der Waals surface area contributed by atoms with E-state index < -0.39 is 0 Å². The molecule has 0 bridgehead atoms. The Bertz CT molecular complexity index is 695. The first kappa shape index (κ1) is 18.5. The molecule has 5 heteroatoms. The van der Waals surface area contributed by atoms with Gasteiger partial charge in [0.05, 0.1) is 5.92 Å². The monoisotopic (exact) mass is 369 g/mol. The van der Waals surface area contributed by atoms with Crippen LogP contribution in [0.2, 0.25) is 0 Å². The fourth-order valence-corrected chi connectivity index (χ4v) is 4.58. The second-order valence-corrected chi connectivity index (χ2v) is 8.53. The molecule has 2 saturated carbocycles. The Kier molecular flexibility index (Phi) is 5.48. The van der Waals surface area contributed by atoms with E-state index in [0.717, 1.165) is 30.6 Å². The Morgan fingerprint density at radius 1 is 1.15 bits per heavy atom. The van der Waals surface area contributed by atoms with Gasteiger partial charge in [-0.2, -0.15) is 0 Å². The van der Waals surface area contributed by atoms with Crippen LogP contribution in [0.25, 0.3) is 0 Å². The average Bonchev–Trinajstić information content (AvgIpc) is 3.45. The number of hydrogen-bond acceptors (Lipinski definition) is 3. The zero-order chi connectivity index (χ0) is 18.8. The fraction of sp³-hybridized carbons (Fsp3) is 0.636. The lowest BCUT2D eigenvalue weighted by Crippen LogP contribution is -2.33. The number of amides is 2. The highest BCUT2D eigenvalue weighted by Crippen LogP contribution is 2.33. The number of carbonyl (C=O) groups excluding carboxylic acids is 2. The quantitative estimate of drug-likeness (QED) is 0.836. The first-order chi connectivity index (χ1) is 13.1. The van der Waals surface area contributed by atoms with Crippen LogP contribution in [0.15, 0.2) is 24.3 Å². The standard InChI is InChI=1S/C22H31N3O2/c1-24(18-8-3-2-4-9-18)14-16-7-5-6-10-20(16)23-22(27)17-13-21(26)25(15-17)19-11-12-19/h5-7,10,17-19H,2-4,8-9,11-15H2,1H3,(H,23,27). The van der Waals surface area contributed by atoms with Crippen molar-refractivity contribution >= 4 is 17.5 Å². The third-order valence-electron chi connectivity index (χ3n) is 6.41. The van der Waals surface area contributed by atoms with Gasteiger partial charge in [-0.05, 0) is 44.4 Å². The fourth-order valence-electron chi connectivity index (χ4n) is 4.58. The van der Waals surface area contributed by atoms with Gasteiger partial charge >= 0.3 is 0 Å². The summed E-state index contributed by atoms with van der Waals surface area (Å²) in [6.07, 6.45) is 9.08. The first-order valence-electron chi connectivity index (χ1n) is 10.5. The van der Waals surface area contributed by atoms with Gasteiger partial charge < -0.3 is 10.2 Å². The number of carbonyl (C=O) groups is 2. The summed E-state index contributed by atoms with van der Waals surface area (Å²) in [6, 6.07) is 9.13. The van der Waals surface area contributed by atoms with Crippen molar-refractivity contribution in [2.75, 3.05) is 18.9 Å². The number of nitrogens with one attached hydrogen (secondary N) is 1. The van der Waals surface area contributed by atoms with Gasteiger partial charge in [-0.3, -0.25) is 14.5 Å². The Balaban J connectivity index is 1.38. The van der Waals surface area contributed by atoms with Crippen molar-refractivity contribution in [3.8, 4) is 0 Å². The van der Waals surface area contributed by atoms with E-state index in [-0.39, 0.29) is 17.7 Å². The maximum absolute atomic E-state index is 12.8. The van der Waals surface area contributed by atoms with Crippen molar-refractivity contribution in [2.45, 2.75) is 70.0 Å². The smallest absolute Gasteiger partial charge is 0.229 e. The van der Waals surface area contributed by atoms with Gasteiger partial charge in [-0.15, -0.1) is 0 Å². The van der Waals surface area contributed by atoms with Crippen LogP contribution in [-0.4, -0.2) is 47.3 Å². The topological polar surface area (TPSA) is 52.7 Å². The van der Waals surface area contributed by atoms with Crippen molar-refractivity contribution in [1.82, 2.24) is 9.80 Å². The zero-order valence-electron chi connectivity index (χ0n) is 16.3.